The van der Waals surface area contributed by atoms with Crippen molar-refractivity contribution in [3.8, 4) is 39.1 Å². The van der Waals surface area contributed by atoms with Crippen LogP contribution >= 0.6 is 11.3 Å². The summed E-state index contributed by atoms with van der Waals surface area (Å²) >= 11 is 1.98. The summed E-state index contributed by atoms with van der Waals surface area (Å²) in [5.74, 6) is 0. The molecule has 0 bridgehead atoms. The van der Waals surface area contributed by atoms with Crippen LogP contribution in [-0.4, -0.2) is 11.4 Å². The van der Waals surface area contributed by atoms with E-state index >= 15 is 0 Å². The molecule has 0 saturated heterocycles. The lowest BCUT2D eigenvalue weighted by Gasteiger charge is -2.42. The summed E-state index contributed by atoms with van der Waals surface area (Å²) in [6.07, 6.45) is 2.38. The highest BCUT2D eigenvalue weighted by Crippen LogP contribution is 2.59. The van der Waals surface area contributed by atoms with Crippen molar-refractivity contribution in [3.05, 3.63) is 173 Å². The van der Waals surface area contributed by atoms with E-state index in [1.54, 1.807) is 0 Å². The van der Waals surface area contributed by atoms with Crippen LogP contribution in [0.15, 0.2) is 144 Å². The number of fused-ring (bicyclic) bond motifs is 19. The fraction of sp³-hybridized carbons (Fsp3) is 0.275. The number of nitrogens with zero attached hydrogens (tertiary/aromatic N) is 2. The Labute approximate surface area is 439 Å². The zero-order valence-electron chi connectivity index (χ0n) is 45.0. The summed E-state index contributed by atoms with van der Waals surface area (Å²) < 4.78 is 12.7. The second-order valence-electron chi connectivity index (χ2n) is 26.3. The van der Waals surface area contributed by atoms with Gasteiger partial charge in [0.2, 0.25) is 0 Å². The van der Waals surface area contributed by atoms with Crippen LogP contribution in [0.1, 0.15) is 129 Å². The van der Waals surface area contributed by atoms with E-state index in [0.29, 0.717) is 0 Å². The quantitative estimate of drug-likeness (QED) is 0.161. The van der Waals surface area contributed by atoms with Gasteiger partial charge in [0.25, 0.3) is 0 Å². The summed E-state index contributed by atoms with van der Waals surface area (Å²) in [6, 6.07) is 54.4. The maximum absolute atomic E-state index is 7.40. The van der Waals surface area contributed by atoms with Crippen LogP contribution in [0.3, 0.4) is 0 Å². The average molecular weight is 979 g/mol. The number of anilines is 2. The van der Waals surface area contributed by atoms with Crippen LogP contribution in [0.2, 0.25) is 0 Å². The van der Waals surface area contributed by atoms with Crippen LogP contribution in [0.4, 0.5) is 11.4 Å². The Kier molecular flexibility index (Phi) is 8.63. The van der Waals surface area contributed by atoms with Crippen molar-refractivity contribution in [3.63, 3.8) is 0 Å². The van der Waals surface area contributed by atoms with Gasteiger partial charge in [0.15, 0.2) is 0 Å². The molecule has 2 aliphatic heterocycles. The number of rotatable bonds is 2. The minimum Gasteiger partial charge on any atom is -0.455 e. The molecular formula is C69H63BN2OS. The molecule has 0 N–H and O–H groups in total. The minimum atomic E-state index is -0.227. The predicted molar refractivity (Wildman–Crippen MR) is 318 cm³/mol. The smallest absolute Gasteiger partial charge is 0.343 e. The van der Waals surface area contributed by atoms with Crippen molar-refractivity contribution in [2.24, 2.45) is 0 Å². The molecular weight excluding hydrogens is 916 g/mol. The first-order valence-corrected chi connectivity index (χ1v) is 27.9. The van der Waals surface area contributed by atoms with Crippen molar-refractivity contribution in [2.45, 2.75) is 123 Å². The molecule has 0 saturated carbocycles. The Bertz CT molecular complexity index is 4290. The molecule has 0 fully saturated rings. The molecule has 5 heteroatoms. The van der Waals surface area contributed by atoms with E-state index in [0.717, 1.165) is 11.2 Å². The van der Waals surface area contributed by atoms with Crippen LogP contribution in [-0.2, 0) is 27.1 Å². The minimum absolute atomic E-state index is 0.00936. The Balaban J connectivity index is 1.14. The molecule has 15 rings (SSSR count). The second-order valence-corrected chi connectivity index (χ2v) is 27.4. The van der Waals surface area contributed by atoms with Gasteiger partial charge in [-0.2, -0.15) is 0 Å². The molecule has 0 atom stereocenters. The molecule has 0 spiro atoms. The largest absolute Gasteiger partial charge is 0.455 e. The van der Waals surface area contributed by atoms with Gasteiger partial charge in [-0.3, -0.25) is 0 Å². The molecule has 8 aromatic carbocycles. The number of furan rings is 1. The molecule has 0 radical (unpaired) electrons. The molecule has 4 aliphatic rings. The van der Waals surface area contributed by atoms with E-state index in [-0.39, 0.29) is 33.9 Å². The highest BCUT2D eigenvalue weighted by atomic mass is 32.1. The third-order valence-electron chi connectivity index (χ3n) is 18.5. The zero-order chi connectivity index (χ0) is 50.9. The average Bonchev–Trinajstić information content (AvgIpc) is 4.12. The van der Waals surface area contributed by atoms with E-state index in [1.807, 2.05) is 11.3 Å². The summed E-state index contributed by atoms with van der Waals surface area (Å²) in [5, 5.41) is 6.14. The number of benzene rings is 8. The Morgan fingerprint density at radius 3 is 1.93 bits per heavy atom. The van der Waals surface area contributed by atoms with Crippen molar-refractivity contribution in [1.82, 2.24) is 4.57 Å². The number of para-hydroxylation sites is 1. The normalized spacial score (nSPS) is 16.8. The van der Waals surface area contributed by atoms with Gasteiger partial charge < -0.3 is 13.8 Å². The Hall–Kier alpha value is -6.82. The van der Waals surface area contributed by atoms with Crippen LogP contribution in [0, 0.1) is 0 Å². The van der Waals surface area contributed by atoms with Crippen molar-refractivity contribution in [2.75, 3.05) is 4.81 Å². The maximum Gasteiger partial charge on any atom is 0.343 e. The lowest BCUT2D eigenvalue weighted by atomic mass is 9.46. The molecule has 11 aromatic rings. The topological polar surface area (TPSA) is 21.3 Å². The molecule has 364 valence electrons. The molecule has 5 heterocycles. The van der Waals surface area contributed by atoms with Gasteiger partial charge >= 0.3 is 6.85 Å². The van der Waals surface area contributed by atoms with Crippen LogP contribution in [0.25, 0.3) is 92.9 Å². The lowest BCUT2D eigenvalue weighted by Crippen LogP contribution is -2.59. The van der Waals surface area contributed by atoms with Gasteiger partial charge in [-0.1, -0.05) is 162 Å². The van der Waals surface area contributed by atoms with Gasteiger partial charge in [0.1, 0.15) is 11.2 Å². The maximum atomic E-state index is 7.40. The van der Waals surface area contributed by atoms with Gasteiger partial charge in [-0.05, 0) is 162 Å². The molecule has 3 nitrogen and oxygen atoms in total. The predicted octanol–water partition coefficient (Wildman–Crippen LogP) is 18.1. The van der Waals surface area contributed by atoms with Gasteiger partial charge in [-0.15, -0.1) is 11.3 Å². The summed E-state index contributed by atoms with van der Waals surface area (Å²) in [7, 11) is 0. The molecule has 2 aliphatic carbocycles. The van der Waals surface area contributed by atoms with Gasteiger partial charge in [0.05, 0.1) is 22.1 Å². The first kappa shape index (κ1) is 44.7. The number of thiophene rings is 1. The van der Waals surface area contributed by atoms with E-state index in [9.17, 15) is 0 Å². The van der Waals surface area contributed by atoms with E-state index in [4.69, 9.17) is 4.42 Å². The highest BCUT2D eigenvalue weighted by Gasteiger charge is 2.50. The highest BCUT2D eigenvalue weighted by molar-refractivity contribution is 7.32. The number of aromatic nitrogens is 1. The SMILES string of the molecule is CC(C)(C)c1ccc(N2B3c4sc5ccc(-c6ccccc6)cc5c4-n4c5ccc(C(C)(C)C)cc5c5c6oc7ccccc7c6c(c3c54)-c3cc4c(cc32)-c2cc3c(cc2C4(C)C)C(C)(C)CCC3(C)C)cc1. The van der Waals surface area contributed by atoms with E-state index < -0.39 is 0 Å². The fourth-order valence-electron chi connectivity index (χ4n) is 14.2. The summed E-state index contributed by atoms with van der Waals surface area (Å²) in [4.78, 5) is 2.77. The van der Waals surface area contributed by atoms with Crippen molar-refractivity contribution in [1.29, 1.82) is 0 Å². The third-order valence-corrected chi connectivity index (χ3v) is 19.7. The monoisotopic (exact) mass is 978 g/mol. The Morgan fingerprint density at radius 1 is 0.554 bits per heavy atom. The zero-order valence-corrected chi connectivity index (χ0v) is 45.8. The summed E-state index contributed by atoms with van der Waals surface area (Å²) in [6.45, 7) is 28.7. The summed E-state index contributed by atoms with van der Waals surface area (Å²) in [5.41, 5.74) is 25.8. The fourth-order valence-corrected chi connectivity index (χ4v) is 15.5. The first-order chi connectivity index (χ1) is 35.2. The van der Waals surface area contributed by atoms with E-state index in [2.05, 4.69) is 232 Å². The molecule has 0 unspecified atom stereocenters. The van der Waals surface area contributed by atoms with E-state index in [1.165, 1.54) is 150 Å². The second kappa shape index (κ2) is 14.3. The standard InChI is InChI=1S/C69H63BN2OS/c1-65(2,3)40-23-26-42(27-24-40)72-54-36-45-44-34-51-52(68(9,10)31-30-67(51,7)8)37-50(44)69(11,12)49(45)35-47(54)57-58-43-20-16-17-21-55(43)73-63(58)59-46-33-41(66(4,5)6)25-28-53(46)71-61-48-32-39(38-18-14-13-15-19-38)22-29-56(48)74-64(61)70(72)60(57)62(59)71/h13-29,32-37H,30-31H2,1-12H3. The van der Waals surface area contributed by atoms with Crippen LogP contribution in [0.5, 0.6) is 0 Å². The number of hydrogen-bond acceptors (Lipinski definition) is 3. The van der Waals surface area contributed by atoms with Gasteiger partial charge in [-0.25, -0.2) is 0 Å². The first-order valence-electron chi connectivity index (χ1n) is 27.1. The van der Waals surface area contributed by atoms with Crippen molar-refractivity contribution < 1.29 is 4.42 Å². The number of hydrogen-bond donors (Lipinski definition) is 0. The molecule has 0 amide bonds. The van der Waals surface area contributed by atoms with Crippen molar-refractivity contribution >= 4 is 93.6 Å². The Morgan fingerprint density at radius 2 is 1.20 bits per heavy atom. The van der Waals surface area contributed by atoms with Crippen LogP contribution < -0.4 is 15.1 Å². The third kappa shape index (κ3) is 5.80. The lowest BCUT2D eigenvalue weighted by molar-refractivity contribution is 0.331. The van der Waals surface area contributed by atoms with Gasteiger partial charge in [0, 0.05) is 53.4 Å². The molecule has 3 aromatic heterocycles. The molecule has 74 heavy (non-hydrogen) atoms.